The molecule has 0 aromatic carbocycles. The highest BCUT2D eigenvalue weighted by molar-refractivity contribution is 7.41. The molecule has 0 saturated carbocycles. The van der Waals surface area contributed by atoms with Crippen molar-refractivity contribution in [2.45, 2.75) is 0 Å². The van der Waals surface area contributed by atoms with Crippen LogP contribution in [0, 0.1) is 0 Å². The van der Waals surface area contributed by atoms with Gasteiger partial charge in [-0.05, 0) is 0 Å². The van der Waals surface area contributed by atoms with Gasteiger partial charge in [-0.15, -0.1) is 6.58 Å². The number of hydrogen-bond donors (Lipinski definition) is 0. The standard InChI is InChI=1S/C5H11O5P/c1-4-5-8-11(9-6-2)10-7-3/h4H,1,5H2,2-3H3. The Balaban J connectivity index is 3.41. The maximum atomic E-state index is 4.92. The molecule has 0 aromatic rings. The van der Waals surface area contributed by atoms with Crippen LogP contribution in [0.5, 0.6) is 0 Å². The Kier molecular flexibility index (Phi) is 8.05. The first-order valence-corrected chi connectivity index (χ1v) is 3.90. The third kappa shape index (κ3) is 6.37. The van der Waals surface area contributed by atoms with E-state index in [0.29, 0.717) is 6.61 Å². The smallest absolute Gasteiger partial charge is 0.305 e. The Morgan fingerprint density at radius 2 is 1.82 bits per heavy atom. The van der Waals surface area contributed by atoms with Crippen molar-refractivity contribution in [2.24, 2.45) is 0 Å². The van der Waals surface area contributed by atoms with Gasteiger partial charge in [0.15, 0.2) is 0 Å². The lowest BCUT2D eigenvalue weighted by atomic mass is 10.7. The molecule has 5 nitrogen and oxygen atoms in total. The zero-order valence-electron chi connectivity index (χ0n) is 6.48. The molecule has 0 aliphatic rings. The van der Waals surface area contributed by atoms with E-state index in [-0.39, 0.29) is 0 Å². The van der Waals surface area contributed by atoms with E-state index < -0.39 is 8.60 Å². The summed E-state index contributed by atoms with van der Waals surface area (Å²) in [7, 11) is 1.12. The van der Waals surface area contributed by atoms with E-state index in [0.717, 1.165) is 0 Å². The third-order valence-electron chi connectivity index (χ3n) is 0.569. The van der Waals surface area contributed by atoms with Crippen molar-refractivity contribution in [3.63, 3.8) is 0 Å². The summed E-state index contributed by atoms with van der Waals surface area (Å²) in [5.74, 6) is 0. The first-order chi connectivity index (χ1) is 5.35. The molecule has 0 rings (SSSR count). The largest absolute Gasteiger partial charge is 0.392 e. The van der Waals surface area contributed by atoms with E-state index in [2.05, 4.69) is 25.7 Å². The highest BCUT2D eigenvalue weighted by Gasteiger charge is 2.12. The van der Waals surface area contributed by atoms with Gasteiger partial charge in [0.2, 0.25) is 0 Å². The summed E-state index contributed by atoms with van der Waals surface area (Å²) in [6, 6.07) is 0. The second-order valence-corrected chi connectivity index (χ2v) is 2.29. The SMILES string of the molecule is C=CCOP(OOC)OOC. The van der Waals surface area contributed by atoms with Crippen LogP contribution in [0.3, 0.4) is 0 Å². The fourth-order valence-corrected chi connectivity index (χ4v) is 0.872. The van der Waals surface area contributed by atoms with E-state index in [1.54, 1.807) is 6.08 Å². The van der Waals surface area contributed by atoms with Crippen molar-refractivity contribution in [1.82, 2.24) is 0 Å². The molecule has 0 atom stereocenters. The summed E-state index contributed by atoms with van der Waals surface area (Å²) in [6.07, 6.45) is 1.56. The maximum Gasteiger partial charge on any atom is 0.392 e. The van der Waals surface area contributed by atoms with Gasteiger partial charge < -0.3 is 4.52 Å². The fourth-order valence-electron chi connectivity index (χ4n) is 0.291. The lowest BCUT2D eigenvalue weighted by Crippen LogP contribution is -1.94. The summed E-state index contributed by atoms with van der Waals surface area (Å²) in [5.41, 5.74) is 0. The van der Waals surface area contributed by atoms with Crippen LogP contribution in [0.2, 0.25) is 0 Å². The Morgan fingerprint density at radius 3 is 2.18 bits per heavy atom. The molecule has 66 valence electrons. The normalized spacial score (nSPS) is 10.5. The molecule has 0 amide bonds. The zero-order valence-corrected chi connectivity index (χ0v) is 7.37. The van der Waals surface area contributed by atoms with Gasteiger partial charge in [0, 0.05) is 0 Å². The molecule has 0 aliphatic heterocycles. The van der Waals surface area contributed by atoms with Gasteiger partial charge >= 0.3 is 8.60 Å². The first kappa shape index (κ1) is 11.0. The van der Waals surface area contributed by atoms with E-state index in [4.69, 9.17) is 4.52 Å². The Labute approximate surface area is 66.7 Å². The molecule has 0 radical (unpaired) electrons. The molecule has 6 heteroatoms. The van der Waals surface area contributed by atoms with Gasteiger partial charge in [0.1, 0.15) is 0 Å². The van der Waals surface area contributed by atoms with Crippen molar-refractivity contribution in [1.29, 1.82) is 0 Å². The van der Waals surface area contributed by atoms with Gasteiger partial charge in [-0.3, -0.25) is 0 Å². The van der Waals surface area contributed by atoms with Crippen molar-refractivity contribution in [3.8, 4) is 0 Å². The van der Waals surface area contributed by atoms with Gasteiger partial charge in [0.25, 0.3) is 0 Å². The van der Waals surface area contributed by atoms with E-state index in [1.165, 1.54) is 14.2 Å². The number of hydrogen-bond acceptors (Lipinski definition) is 5. The van der Waals surface area contributed by atoms with Crippen LogP contribution in [0.25, 0.3) is 0 Å². The Hall–Kier alpha value is -0.0300. The van der Waals surface area contributed by atoms with Crippen LogP contribution in [-0.4, -0.2) is 20.8 Å². The molecule has 0 N–H and O–H groups in total. The van der Waals surface area contributed by atoms with Crippen LogP contribution < -0.4 is 0 Å². The lowest BCUT2D eigenvalue weighted by molar-refractivity contribution is -0.244. The van der Waals surface area contributed by atoms with Crippen molar-refractivity contribution < 1.29 is 23.6 Å². The molecular formula is C5H11O5P. The third-order valence-corrected chi connectivity index (χ3v) is 1.47. The first-order valence-electron chi connectivity index (χ1n) is 2.80. The predicted molar refractivity (Wildman–Crippen MR) is 39.3 cm³/mol. The molecule has 0 aromatic heterocycles. The van der Waals surface area contributed by atoms with Crippen molar-refractivity contribution >= 4 is 8.60 Å². The minimum absolute atomic E-state index is 0.318. The summed E-state index contributed by atoms with van der Waals surface area (Å²) >= 11 is 0. The Bertz CT molecular complexity index is 92.9. The molecule has 0 spiro atoms. The topological polar surface area (TPSA) is 46.2 Å². The quantitative estimate of drug-likeness (QED) is 0.259. The summed E-state index contributed by atoms with van der Waals surface area (Å²) < 4.78 is 14.0. The Morgan fingerprint density at radius 1 is 1.27 bits per heavy atom. The van der Waals surface area contributed by atoms with Crippen LogP contribution in [-0.2, 0) is 23.6 Å². The molecule has 0 fully saturated rings. The van der Waals surface area contributed by atoms with Gasteiger partial charge in [-0.25, -0.2) is 9.78 Å². The predicted octanol–water partition coefficient (Wildman–Crippen LogP) is 1.57. The average molecular weight is 182 g/mol. The fraction of sp³-hybridized carbons (Fsp3) is 0.600. The molecule has 0 saturated heterocycles. The average Bonchev–Trinajstić information content (AvgIpc) is 2.01. The number of rotatable bonds is 7. The second kappa shape index (κ2) is 8.07. The monoisotopic (exact) mass is 182 g/mol. The molecule has 11 heavy (non-hydrogen) atoms. The van der Waals surface area contributed by atoms with Gasteiger partial charge in [-0.1, -0.05) is 6.08 Å². The second-order valence-electron chi connectivity index (χ2n) is 1.29. The minimum Gasteiger partial charge on any atom is -0.305 e. The highest BCUT2D eigenvalue weighted by atomic mass is 31.2. The summed E-state index contributed by atoms with van der Waals surface area (Å²) in [5, 5.41) is 0. The molecule has 0 bridgehead atoms. The lowest BCUT2D eigenvalue weighted by Gasteiger charge is -2.09. The van der Waals surface area contributed by atoms with Crippen molar-refractivity contribution in [2.75, 3.05) is 20.8 Å². The molecule has 0 unspecified atom stereocenters. The minimum atomic E-state index is -1.58. The maximum absolute atomic E-state index is 4.92. The summed E-state index contributed by atoms with van der Waals surface area (Å²) in [4.78, 5) is 8.64. The van der Waals surface area contributed by atoms with E-state index in [1.807, 2.05) is 0 Å². The summed E-state index contributed by atoms with van der Waals surface area (Å²) in [6.45, 7) is 3.76. The van der Waals surface area contributed by atoms with Gasteiger partial charge in [-0.2, -0.15) is 9.35 Å². The highest BCUT2D eigenvalue weighted by Crippen LogP contribution is 2.39. The van der Waals surface area contributed by atoms with E-state index in [9.17, 15) is 0 Å². The van der Waals surface area contributed by atoms with Crippen LogP contribution in [0.15, 0.2) is 12.7 Å². The van der Waals surface area contributed by atoms with Crippen LogP contribution in [0.1, 0.15) is 0 Å². The molecule has 0 heterocycles. The van der Waals surface area contributed by atoms with Gasteiger partial charge in [0.05, 0.1) is 20.8 Å². The molecular weight excluding hydrogens is 171 g/mol. The molecule has 0 aliphatic carbocycles. The van der Waals surface area contributed by atoms with Crippen LogP contribution in [0.4, 0.5) is 0 Å². The van der Waals surface area contributed by atoms with Crippen LogP contribution >= 0.6 is 8.60 Å². The van der Waals surface area contributed by atoms with E-state index >= 15 is 0 Å². The van der Waals surface area contributed by atoms with Crippen molar-refractivity contribution in [3.05, 3.63) is 12.7 Å². The zero-order chi connectivity index (χ0) is 8.53.